The van der Waals surface area contributed by atoms with Crippen LogP contribution >= 0.6 is 0 Å². The summed E-state index contributed by atoms with van der Waals surface area (Å²) in [5.74, 6) is 0.643. The molecule has 3 heterocycles. The van der Waals surface area contributed by atoms with Crippen LogP contribution < -0.4 is 5.32 Å². The molecule has 2 aliphatic heterocycles. The molecule has 3 aliphatic rings. The summed E-state index contributed by atoms with van der Waals surface area (Å²) in [6.45, 7) is 4.20. The molecule has 0 unspecified atom stereocenters. The van der Waals surface area contributed by atoms with Crippen LogP contribution in [0.3, 0.4) is 0 Å². The molecule has 7 heteroatoms. The average molecular weight is 537 g/mol. The van der Waals surface area contributed by atoms with E-state index >= 15 is 0 Å². The van der Waals surface area contributed by atoms with Crippen molar-refractivity contribution in [2.45, 2.75) is 109 Å². The Morgan fingerprint density at radius 1 is 1.03 bits per heavy atom. The van der Waals surface area contributed by atoms with Crippen LogP contribution in [0.2, 0.25) is 0 Å². The number of carboxylic acids is 1. The van der Waals surface area contributed by atoms with Crippen molar-refractivity contribution in [1.82, 2.24) is 10.3 Å². The maximum atomic E-state index is 12.8. The first-order valence-electron chi connectivity index (χ1n) is 15.0. The van der Waals surface area contributed by atoms with Crippen LogP contribution in [0.4, 0.5) is 0 Å². The van der Waals surface area contributed by atoms with Gasteiger partial charge >= 0.3 is 5.97 Å². The van der Waals surface area contributed by atoms with Crippen molar-refractivity contribution >= 4 is 11.9 Å². The Labute approximate surface area is 232 Å². The van der Waals surface area contributed by atoms with Gasteiger partial charge in [0.1, 0.15) is 6.26 Å². The standard InChI is InChI=1S/C32H44N2O5/c1-32(2,31(36)37)19-23-14-7-6-13-22(23)18-24-26-15-16-27(39-26)28(24)30-34-25(20-38-30)29(35)33-17-9-8-12-21-10-4-3-5-11-21/h6-7,13-14,20-21,24,26-28H,3-5,8-12,15-19H2,1-2H3,(H,33,35)(H,36,37)/t24-,26-,27+,28-/m0/s1. The molecule has 7 nitrogen and oxygen atoms in total. The van der Waals surface area contributed by atoms with Crippen molar-refractivity contribution in [3.63, 3.8) is 0 Å². The fourth-order valence-electron chi connectivity index (χ4n) is 6.98. The predicted molar refractivity (Wildman–Crippen MR) is 149 cm³/mol. The molecule has 39 heavy (non-hydrogen) atoms. The number of nitrogens with zero attached hydrogens (tertiary/aromatic N) is 1. The minimum atomic E-state index is -0.846. The fourth-order valence-corrected chi connectivity index (χ4v) is 6.98. The maximum absolute atomic E-state index is 12.8. The van der Waals surface area contributed by atoms with Gasteiger partial charge in [-0.05, 0) is 63.0 Å². The summed E-state index contributed by atoms with van der Waals surface area (Å²) < 4.78 is 12.2. The number of hydrogen-bond donors (Lipinski definition) is 2. The summed E-state index contributed by atoms with van der Waals surface area (Å²) in [6, 6.07) is 8.11. The number of oxazole rings is 1. The lowest BCUT2D eigenvalue weighted by Gasteiger charge is -2.27. The summed E-state index contributed by atoms with van der Waals surface area (Å²) in [4.78, 5) is 29.2. The first kappa shape index (κ1) is 27.9. The molecule has 1 aromatic heterocycles. The highest BCUT2D eigenvalue weighted by molar-refractivity contribution is 5.91. The molecule has 5 rings (SSSR count). The van der Waals surface area contributed by atoms with Gasteiger partial charge in [0, 0.05) is 12.5 Å². The summed E-state index contributed by atoms with van der Waals surface area (Å²) in [5, 5.41) is 12.7. The Morgan fingerprint density at radius 3 is 2.54 bits per heavy atom. The number of nitrogens with one attached hydrogen (secondary N) is 1. The smallest absolute Gasteiger partial charge is 0.309 e. The van der Waals surface area contributed by atoms with Gasteiger partial charge in [-0.15, -0.1) is 0 Å². The molecule has 4 atom stereocenters. The number of rotatable bonds is 12. The Morgan fingerprint density at radius 2 is 1.77 bits per heavy atom. The zero-order valence-corrected chi connectivity index (χ0v) is 23.5. The monoisotopic (exact) mass is 536 g/mol. The van der Waals surface area contributed by atoms with Gasteiger partial charge in [0.05, 0.1) is 23.5 Å². The molecule has 2 N–H and O–H groups in total. The molecule has 1 saturated carbocycles. The van der Waals surface area contributed by atoms with E-state index in [1.54, 1.807) is 13.8 Å². The molecule has 1 amide bonds. The van der Waals surface area contributed by atoms with Crippen LogP contribution in [0.1, 0.15) is 111 Å². The van der Waals surface area contributed by atoms with Gasteiger partial charge in [-0.3, -0.25) is 9.59 Å². The Balaban J connectivity index is 1.20. The van der Waals surface area contributed by atoms with Crippen molar-refractivity contribution < 1.29 is 23.8 Å². The number of carboxylic acid groups (broad SMARTS) is 1. The van der Waals surface area contributed by atoms with E-state index in [0.29, 0.717) is 24.6 Å². The van der Waals surface area contributed by atoms with E-state index in [1.165, 1.54) is 44.8 Å². The van der Waals surface area contributed by atoms with Gasteiger partial charge in [-0.25, -0.2) is 4.98 Å². The molecule has 1 aliphatic carbocycles. The number of ether oxygens (including phenoxy) is 1. The van der Waals surface area contributed by atoms with Crippen LogP contribution in [0.15, 0.2) is 34.9 Å². The van der Waals surface area contributed by atoms with Gasteiger partial charge in [0.2, 0.25) is 5.89 Å². The van der Waals surface area contributed by atoms with Crippen molar-refractivity contribution in [2.24, 2.45) is 17.3 Å². The SMILES string of the molecule is CC(C)(Cc1ccccc1C[C@@H]1[C@H](c2nc(C(=O)NCCCCC3CCCCC3)co2)[C@H]2CC[C@@H]1O2)C(=O)O. The summed E-state index contributed by atoms with van der Waals surface area (Å²) in [5.41, 5.74) is 1.70. The van der Waals surface area contributed by atoms with E-state index in [4.69, 9.17) is 9.15 Å². The van der Waals surface area contributed by atoms with Crippen LogP contribution in [0.25, 0.3) is 0 Å². The Kier molecular flexibility index (Phi) is 8.75. The number of aliphatic carboxylic acids is 1. The first-order chi connectivity index (χ1) is 18.8. The lowest BCUT2D eigenvalue weighted by atomic mass is 9.74. The fraction of sp³-hybridized carbons (Fsp3) is 0.656. The number of fused-ring (bicyclic) bond motifs is 2. The normalized spacial score (nSPS) is 25.2. The first-order valence-corrected chi connectivity index (χ1v) is 15.0. The molecule has 0 spiro atoms. The van der Waals surface area contributed by atoms with Crippen molar-refractivity contribution in [2.75, 3.05) is 6.54 Å². The quantitative estimate of drug-likeness (QED) is 0.308. The number of unbranched alkanes of at least 4 members (excludes halogenated alkanes) is 1. The third-order valence-electron chi connectivity index (χ3n) is 9.30. The van der Waals surface area contributed by atoms with Crippen molar-refractivity contribution in [3.05, 3.63) is 53.2 Å². The second-order valence-electron chi connectivity index (χ2n) is 12.6. The lowest BCUT2D eigenvalue weighted by Crippen LogP contribution is -2.29. The number of hydrogen-bond acceptors (Lipinski definition) is 5. The van der Waals surface area contributed by atoms with E-state index in [1.807, 2.05) is 18.2 Å². The van der Waals surface area contributed by atoms with Gasteiger partial charge in [0.15, 0.2) is 5.69 Å². The molecule has 2 bridgehead atoms. The molecule has 2 aromatic rings. The van der Waals surface area contributed by atoms with Gasteiger partial charge in [-0.2, -0.15) is 0 Å². The van der Waals surface area contributed by atoms with E-state index in [0.717, 1.165) is 49.1 Å². The minimum Gasteiger partial charge on any atom is -0.481 e. The number of amides is 1. The highest BCUT2D eigenvalue weighted by atomic mass is 16.5. The Bertz CT molecular complexity index is 1140. The number of aromatic nitrogens is 1. The van der Waals surface area contributed by atoms with Crippen LogP contribution in [0, 0.1) is 17.3 Å². The van der Waals surface area contributed by atoms with Crippen molar-refractivity contribution in [1.29, 1.82) is 0 Å². The molecular weight excluding hydrogens is 492 g/mol. The minimum absolute atomic E-state index is 0.0127. The number of benzene rings is 1. The molecule has 3 fully saturated rings. The van der Waals surface area contributed by atoms with E-state index in [9.17, 15) is 14.7 Å². The topological polar surface area (TPSA) is 102 Å². The second kappa shape index (κ2) is 12.2. The van der Waals surface area contributed by atoms with Gasteiger partial charge in [0.25, 0.3) is 5.91 Å². The highest BCUT2D eigenvalue weighted by Crippen LogP contribution is 2.50. The average Bonchev–Trinajstić information content (AvgIpc) is 3.67. The summed E-state index contributed by atoms with van der Waals surface area (Å²) >= 11 is 0. The summed E-state index contributed by atoms with van der Waals surface area (Å²) in [6.07, 6.45) is 15.1. The molecule has 212 valence electrons. The highest BCUT2D eigenvalue weighted by Gasteiger charge is 2.51. The zero-order chi connectivity index (χ0) is 27.4. The third-order valence-corrected chi connectivity index (χ3v) is 9.30. The summed E-state index contributed by atoms with van der Waals surface area (Å²) in [7, 11) is 0. The number of carbonyl (C=O) groups excluding carboxylic acids is 1. The second-order valence-corrected chi connectivity index (χ2v) is 12.6. The molecule has 1 aromatic carbocycles. The third kappa shape index (κ3) is 6.56. The van der Waals surface area contributed by atoms with E-state index < -0.39 is 11.4 Å². The molecule has 0 radical (unpaired) electrons. The zero-order valence-electron chi connectivity index (χ0n) is 23.5. The van der Waals surface area contributed by atoms with Crippen LogP contribution in [-0.2, 0) is 22.4 Å². The lowest BCUT2D eigenvalue weighted by molar-refractivity contribution is -0.146. The Hall–Kier alpha value is -2.67. The van der Waals surface area contributed by atoms with E-state index in [2.05, 4.69) is 16.4 Å². The molecular formula is C32H44N2O5. The van der Waals surface area contributed by atoms with Gasteiger partial charge < -0.3 is 19.6 Å². The van der Waals surface area contributed by atoms with Crippen LogP contribution in [-0.4, -0.2) is 40.7 Å². The maximum Gasteiger partial charge on any atom is 0.309 e. The van der Waals surface area contributed by atoms with Crippen molar-refractivity contribution in [3.8, 4) is 0 Å². The predicted octanol–water partition coefficient (Wildman–Crippen LogP) is 6.31. The largest absolute Gasteiger partial charge is 0.481 e. The molecule has 2 saturated heterocycles. The van der Waals surface area contributed by atoms with Crippen LogP contribution in [0.5, 0.6) is 0 Å². The number of carbonyl (C=O) groups is 2. The van der Waals surface area contributed by atoms with E-state index in [-0.39, 0.29) is 30.0 Å². The van der Waals surface area contributed by atoms with Gasteiger partial charge in [-0.1, -0.05) is 69.2 Å².